The zero-order valence-electron chi connectivity index (χ0n) is 17.9. The number of fused-ring (bicyclic) bond motifs is 3. The van der Waals surface area contributed by atoms with Gasteiger partial charge < -0.3 is 15.2 Å². The topological polar surface area (TPSA) is 75.6 Å². The lowest BCUT2D eigenvalue weighted by Crippen LogP contribution is -2.50. The van der Waals surface area contributed by atoms with Gasteiger partial charge in [0.1, 0.15) is 6.61 Å². The highest BCUT2D eigenvalue weighted by Gasteiger charge is 2.33. The van der Waals surface area contributed by atoms with Crippen molar-refractivity contribution in [3.8, 4) is 11.1 Å². The summed E-state index contributed by atoms with van der Waals surface area (Å²) in [4.78, 5) is 24.0. The third kappa shape index (κ3) is 5.36. The maximum atomic E-state index is 12.6. The monoisotopic (exact) mass is 427 g/mol. The van der Waals surface area contributed by atoms with Gasteiger partial charge in [0.25, 0.3) is 0 Å². The van der Waals surface area contributed by atoms with Crippen LogP contribution in [0.5, 0.6) is 0 Å². The van der Waals surface area contributed by atoms with Crippen molar-refractivity contribution in [2.24, 2.45) is 0 Å². The highest BCUT2D eigenvalue weighted by Crippen LogP contribution is 2.44. The first-order valence-electron chi connectivity index (χ1n) is 10.1. The van der Waals surface area contributed by atoms with E-state index in [1.807, 2.05) is 24.3 Å². The summed E-state index contributed by atoms with van der Waals surface area (Å²) in [6.45, 7) is 8.14. The zero-order valence-corrected chi connectivity index (χ0v) is 18.7. The Morgan fingerprint density at radius 1 is 1.00 bits per heavy atom. The summed E-state index contributed by atoms with van der Waals surface area (Å²) < 4.78 is 5.56. The molecule has 2 aromatic rings. The number of alkyl carbamates (subject to hydrolysis) is 1. The minimum absolute atomic E-state index is 0.0298. The van der Waals surface area contributed by atoms with Crippen LogP contribution in [0.2, 0.25) is 0 Å². The Labute approximate surface area is 182 Å². The number of carboxylic acids is 1. The maximum absolute atomic E-state index is 12.6. The van der Waals surface area contributed by atoms with Crippen molar-refractivity contribution in [3.05, 3.63) is 59.7 Å². The van der Waals surface area contributed by atoms with Gasteiger partial charge in [0.15, 0.2) is 0 Å². The van der Waals surface area contributed by atoms with Crippen molar-refractivity contribution in [2.75, 3.05) is 12.4 Å². The van der Waals surface area contributed by atoms with E-state index in [1.54, 1.807) is 18.7 Å². The molecule has 2 N–H and O–H groups in total. The van der Waals surface area contributed by atoms with Gasteiger partial charge in [0.05, 0.1) is 12.0 Å². The molecule has 0 radical (unpaired) electrons. The number of ether oxygens (including phenoxy) is 1. The molecule has 2 aromatic carbocycles. The van der Waals surface area contributed by atoms with Gasteiger partial charge in [-0.05, 0) is 29.2 Å². The largest absolute Gasteiger partial charge is 0.481 e. The van der Waals surface area contributed by atoms with E-state index in [0.29, 0.717) is 5.75 Å². The van der Waals surface area contributed by atoms with Gasteiger partial charge in [-0.2, -0.15) is 11.8 Å². The molecule has 1 amide bonds. The van der Waals surface area contributed by atoms with Crippen molar-refractivity contribution in [1.29, 1.82) is 0 Å². The summed E-state index contributed by atoms with van der Waals surface area (Å²) in [7, 11) is 0. The minimum Gasteiger partial charge on any atom is -0.481 e. The number of hydrogen-bond acceptors (Lipinski definition) is 4. The van der Waals surface area contributed by atoms with Gasteiger partial charge >= 0.3 is 12.1 Å². The number of aliphatic carboxylic acids is 1. The minimum atomic E-state index is -0.953. The Morgan fingerprint density at radius 2 is 1.53 bits per heavy atom. The Morgan fingerprint density at radius 3 is 2.03 bits per heavy atom. The quantitative estimate of drug-likeness (QED) is 0.628. The first-order chi connectivity index (χ1) is 14.1. The van der Waals surface area contributed by atoms with Gasteiger partial charge in [-0.1, -0.05) is 69.3 Å². The van der Waals surface area contributed by atoms with Gasteiger partial charge in [-0.15, -0.1) is 0 Å². The van der Waals surface area contributed by atoms with Crippen molar-refractivity contribution in [3.63, 3.8) is 0 Å². The lowest BCUT2D eigenvalue weighted by molar-refractivity contribution is -0.138. The van der Waals surface area contributed by atoms with E-state index < -0.39 is 17.6 Å². The number of carbonyl (C=O) groups excluding carboxylic acids is 1. The van der Waals surface area contributed by atoms with Crippen LogP contribution in [-0.2, 0) is 9.53 Å². The molecule has 0 saturated carbocycles. The number of carbonyl (C=O) groups is 2. The third-order valence-electron chi connectivity index (χ3n) is 5.11. The second-order valence-corrected chi connectivity index (χ2v) is 10.8. The Balaban J connectivity index is 1.69. The third-order valence-corrected chi connectivity index (χ3v) is 6.76. The fraction of sp³-hybridized carbons (Fsp3) is 0.417. The molecule has 0 saturated heterocycles. The van der Waals surface area contributed by atoms with E-state index in [-0.39, 0.29) is 23.7 Å². The zero-order chi connectivity index (χ0) is 21.9. The maximum Gasteiger partial charge on any atom is 0.407 e. The van der Waals surface area contributed by atoms with E-state index in [2.05, 4.69) is 50.4 Å². The highest BCUT2D eigenvalue weighted by atomic mass is 32.2. The van der Waals surface area contributed by atoms with E-state index in [9.17, 15) is 14.7 Å². The predicted molar refractivity (Wildman–Crippen MR) is 121 cm³/mol. The number of nitrogens with one attached hydrogen (secondary N) is 1. The smallest absolute Gasteiger partial charge is 0.407 e. The van der Waals surface area contributed by atoms with Crippen LogP contribution in [0.4, 0.5) is 4.79 Å². The van der Waals surface area contributed by atoms with Crippen LogP contribution in [0.1, 0.15) is 51.2 Å². The molecule has 0 fully saturated rings. The summed E-state index contributed by atoms with van der Waals surface area (Å²) in [6.07, 6.45) is -0.754. The summed E-state index contributed by atoms with van der Waals surface area (Å²) >= 11 is 1.62. The summed E-state index contributed by atoms with van der Waals surface area (Å²) in [5.74, 6) is -0.503. The molecule has 0 aromatic heterocycles. The first-order valence-corrected chi connectivity index (χ1v) is 11.1. The molecular weight excluding hydrogens is 398 g/mol. The van der Waals surface area contributed by atoms with Gasteiger partial charge in [0, 0.05) is 16.4 Å². The second-order valence-electron chi connectivity index (χ2n) is 8.98. The number of carboxylic acid groups (broad SMARTS) is 1. The summed E-state index contributed by atoms with van der Waals surface area (Å²) in [5, 5.41) is 12.1. The van der Waals surface area contributed by atoms with Gasteiger partial charge in [0.2, 0.25) is 0 Å². The van der Waals surface area contributed by atoms with E-state index in [4.69, 9.17) is 4.74 Å². The molecule has 0 bridgehead atoms. The standard InChI is InChI=1S/C24H29NO4S/c1-23(2,3)30-15-24(4,13-21(26)27)25-22(28)29-14-20-18-11-7-5-9-16(18)17-10-6-8-12-19(17)20/h5-12,20H,13-15H2,1-4H3,(H,25,28)(H,26,27). The van der Waals surface area contributed by atoms with Crippen LogP contribution in [0.3, 0.4) is 0 Å². The van der Waals surface area contributed by atoms with Crippen molar-refractivity contribution in [1.82, 2.24) is 5.32 Å². The van der Waals surface area contributed by atoms with Crippen LogP contribution in [0.25, 0.3) is 11.1 Å². The highest BCUT2D eigenvalue weighted by molar-refractivity contribution is 8.00. The van der Waals surface area contributed by atoms with E-state index >= 15 is 0 Å². The van der Waals surface area contributed by atoms with Crippen LogP contribution in [0, 0.1) is 0 Å². The van der Waals surface area contributed by atoms with Gasteiger partial charge in [-0.25, -0.2) is 4.79 Å². The number of benzene rings is 2. The second kappa shape index (κ2) is 8.72. The average Bonchev–Trinajstić information content (AvgIpc) is 2.98. The SMILES string of the molecule is CC(CSC(C)(C)C)(CC(=O)O)NC(=O)OCC1c2ccccc2-c2ccccc21. The fourth-order valence-electron chi connectivity index (χ4n) is 3.72. The van der Waals surface area contributed by atoms with E-state index in [0.717, 1.165) is 11.1 Å². The average molecular weight is 428 g/mol. The fourth-order valence-corrected chi connectivity index (χ4v) is 4.65. The molecule has 5 nitrogen and oxygen atoms in total. The van der Waals surface area contributed by atoms with Crippen LogP contribution in [0.15, 0.2) is 48.5 Å². The number of hydrogen-bond donors (Lipinski definition) is 2. The lowest BCUT2D eigenvalue weighted by atomic mass is 9.98. The summed E-state index contributed by atoms with van der Waals surface area (Å²) in [6, 6.07) is 16.3. The molecular formula is C24H29NO4S. The van der Waals surface area contributed by atoms with Gasteiger partial charge in [-0.3, -0.25) is 4.79 Å². The lowest BCUT2D eigenvalue weighted by Gasteiger charge is -2.31. The molecule has 0 heterocycles. The number of rotatable bonds is 7. The number of thioether (sulfide) groups is 1. The molecule has 1 aliphatic rings. The molecule has 1 unspecified atom stereocenters. The molecule has 1 atom stereocenters. The van der Waals surface area contributed by atoms with E-state index in [1.165, 1.54) is 11.1 Å². The molecule has 30 heavy (non-hydrogen) atoms. The van der Waals surface area contributed by atoms with Crippen LogP contribution < -0.4 is 5.32 Å². The number of amides is 1. The molecule has 160 valence electrons. The predicted octanol–water partition coefficient (Wildman–Crippen LogP) is 5.29. The van der Waals surface area contributed by atoms with Crippen molar-refractivity contribution in [2.45, 2.75) is 50.3 Å². The Hall–Kier alpha value is -2.47. The molecule has 0 aliphatic heterocycles. The Kier molecular flexibility index (Phi) is 6.46. The Bertz CT molecular complexity index is 891. The molecule has 1 aliphatic carbocycles. The van der Waals surface area contributed by atoms with Crippen LogP contribution in [-0.4, -0.2) is 39.8 Å². The van der Waals surface area contributed by atoms with Crippen LogP contribution >= 0.6 is 11.8 Å². The normalized spacial score (nSPS) is 15.1. The molecule has 3 rings (SSSR count). The first kappa shape index (κ1) is 22.2. The molecule has 0 spiro atoms. The molecule has 6 heteroatoms. The van der Waals surface area contributed by atoms with Crippen molar-refractivity contribution >= 4 is 23.8 Å². The summed E-state index contributed by atoms with van der Waals surface area (Å²) in [5.41, 5.74) is 3.72. The van der Waals surface area contributed by atoms with Crippen molar-refractivity contribution < 1.29 is 19.4 Å².